The maximum absolute atomic E-state index is 13.8. The Morgan fingerprint density at radius 2 is 1.91 bits per heavy atom. The minimum Gasteiger partial charge on any atom is -0.273 e. The Bertz CT molecular complexity index is 1390. The van der Waals surface area contributed by atoms with Gasteiger partial charge in [0.2, 0.25) is 5.91 Å². The van der Waals surface area contributed by atoms with Gasteiger partial charge in [0, 0.05) is 42.7 Å². The van der Waals surface area contributed by atoms with Crippen molar-refractivity contribution < 1.29 is 13.6 Å². The zero-order valence-corrected chi connectivity index (χ0v) is 19.5. The number of hydrazone groups is 1. The highest BCUT2D eigenvalue weighted by Crippen LogP contribution is 2.55. The molecule has 35 heavy (non-hydrogen) atoms. The zero-order chi connectivity index (χ0) is 24.3. The van der Waals surface area contributed by atoms with Gasteiger partial charge in [0.1, 0.15) is 17.7 Å². The van der Waals surface area contributed by atoms with Gasteiger partial charge in [-0.1, -0.05) is 11.6 Å². The fourth-order valence-electron chi connectivity index (χ4n) is 6.16. The standard InChI is InChI=1S/C26H22ClF2N5O/c27-23-10-24-17(5-15(23)11-30)13-33(32-24)12-16-8-22(21-2-1-20(16)21)26(35)34-25(3-4-31-34)14-6-18(28)9-19(29)7-14/h4-7,9-10,13,16,20-22,25H,1-3,8,12H2/t16?,20?,21?,22-,25?/m0/s1. The number of carbonyl (C=O) groups is 1. The van der Waals surface area contributed by atoms with E-state index >= 15 is 0 Å². The zero-order valence-electron chi connectivity index (χ0n) is 18.7. The average molecular weight is 494 g/mol. The SMILES string of the molecule is N#Cc1cc2cn(CC3C[C@H](C(=O)N4N=CCC4c4cc(F)cc(F)c4)C4CCC34)nc2cc1Cl. The molecule has 2 fully saturated rings. The van der Waals surface area contributed by atoms with Crippen molar-refractivity contribution in [3.8, 4) is 6.07 Å². The van der Waals surface area contributed by atoms with Gasteiger partial charge in [-0.3, -0.25) is 9.48 Å². The van der Waals surface area contributed by atoms with Crippen molar-refractivity contribution >= 4 is 34.6 Å². The Morgan fingerprint density at radius 3 is 2.63 bits per heavy atom. The van der Waals surface area contributed by atoms with E-state index < -0.39 is 17.7 Å². The molecule has 6 nitrogen and oxygen atoms in total. The third-order valence-electron chi connectivity index (χ3n) is 7.89. The van der Waals surface area contributed by atoms with E-state index in [9.17, 15) is 18.8 Å². The first-order valence-corrected chi connectivity index (χ1v) is 12.2. The molecule has 1 aromatic heterocycles. The third kappa shape index (κ3) is 3.79. The van der Waals surface area contributed by atoms with Gasteiger partial charge in [-0.15, -0.1) is 0 Å². The quantitative estimate of drug-likeness (QED) is 0.484. The van der Waals surface area contributed by atoms with Crippen LogP contribution in [0.2, 0.25) is 5.02 Å². The van der Waals surface area contributed by atoms with E-state index in [1.54, 1.807) is 18.3 Å². The van der Waals surface area contributed by atoms with Crippen molar-refractivity contribution in [2.45, 2.75) is 38.3 Å². The van der Waals surface area contributed by atoms with E-state index in [-0.39, 0.29) is 17.7 Å². The van der Waals surface area contributed by atoms with Crippen LogP contribution in [-0.2, 0) is 11.3 Å². The average Bonchev–Trinajstić information content (AvgIpc) is 3.47. The second kappa shape index (κ2) is 8.42. The Kier molecular flexibility index (Phi) is 5.33. The first-order valence-electron chi connectivity index (χ1n) is 11.8. The number of hydrogen-bond acceptors (Lipinski definition) is 4. The van der Waals surface area contributed by atoms with Crippen molar-refractivity contribution in [1.29, 1.82) is 5.26 Å². The molecular weight excluding hydrogens is 472 g/mol. The van der Waals surface area contributed by atoms with Crippen LogP contribution in [-0.4, -0.2) is 26.9 Å². The molecule has 0 bridgehead atoms. The number of nitriles is 1. The lowest BCUT2D eigenvalue weighted by Gasteiger charge is -2.37. The molecule has 0 N–H and O–H groups in total. The summed E-state index contributed by atoms with van der Waals surface area (Å²) in [6.45, 7) is 0.681. The molecule has 2 saturated carbocycles. The number of aromatic nitrogens is 2. The van der Waals surface area contributed by atoms with Crippen LogP contribution in [0, 0.1) is 46.6 Å². The van der Waals surface area contributed by atoms with Crippen molar-refractivity contribution in [2.24, 2.45) is 28.8 Å². The van der Waals surface area contributed by atoms with Crippen molar-refractivity contribution in [3.63, 3.8) is 0 Å². The van der Waals surface area contributed by atoms with E-state index in [1.165, 1.54) is 17.1 Å². The number of amides is 1. The number of benzene rings is 2. The number of carbonyl (C=O) groups excluding carboxylic acids is 1. The van der Waals surface area contributed by atoms with Crippen molar-refractivity contribution in [1.82, 2.24) is 14.8 Å². The van der Waals surface area contributed by atoms with Gasteiger partial charge in [0.05, 0.1) is 22.1 Å². The van der Waals surface area contributed by atoms with E-state index in [1.807, 2.05) is 10.9 Å². The lowest BCUT2D eigenvalue weighted by molar-refractivity contribution is -0.139. The highest BCUT2D eigenvalue weighted by Gasteiger charge is 2.52. The molecular formula is C26H22ClF2N5O. The largest absolute Gasteiger partial charge is 0.273 e. The van der Waals surface area contributed by atoms with E-state index in [0.29, 0.717) is 41.0 Å². The molecule has 2 aliphatic carbocycles. The predicted octanol–water partition coefficient (Wildman–Crippen LogP) is 5.46. The summed E-state index contributed by atoms with van der Waals surface area (Å²) >= 11 is 6.16. The van der Waals surface area contributed by atoms with Crippen molar-refractivity contribution in [2.75, 3.05) is 0 Å². The smallest absolute Gasteiger partial charge is 0.246 e. The van der Waals surface area contributed by atoms with Crippen LogP contribution in [0.25, 0.3) is 10.9 Å². The summed E-state index contributed by atoms with van der Waals surface area (Å²) in [4.78, 5) is 13.6. The van der Waals surface area contributed by atoms with Crippen LogP contribution in [0.15, 0.2) is 41.6 Å². The number of rotatable bonds is 4. The van der Waals surface area contributed by atoms with Gasteiger partial charge in [-0.05, 0) is 66.8 Å². The van der Waals surface area contributed by atoms with Crippen LogP contribution >= 0.6 is 11.6 Å². The van der Waals surface area contributed by atoms with Crippen molar-refractivity contribution in [3.05, 3.63) is 64.3 Å². The summed E-state index contributed by atoms with van der Waals surface area (Å²) in [7, 11) is 0. The number of halogens is 3. The topological polar surface area (TPSA) is 74.3 Å². The van der Waals surface area contributed by atoms with Crippen LogP contribution in [0.4, 0.5) is 8.78 Å². The van der Waals surface area contributed by atoms with E-state index in [4.69, 9.17) is 11.6 Å². The molecule has 2 aromatic carbocycles. The molecule has 3 aliphatic rings. The van der Waals surface area contributed by atoms with Crippen LogP contribution in [0.3, 0.4) is 0 Å². The molecule has 2 heterocycles. The summed E-state index contributed by atoms with van der Waals surface area (Å²) in [5, 5.41) is 20.9. The summed E-state index contributed by atoms with van der Waals surface area (Å²) in [6, 6.07) is 8.45. The van der Waals surface area contributed by atoms with Gasteiger partial charge in [-0.2, -0.15) is 15.5 Å². The fourth-order valence-corrected chi connectivity index (χ4v) is 6.36. The molecule has 4 unspecified atom stereocenters. The second-order valence-electron chi connectivity index (χ2n) is 9.80. The van der Waals surface area contributed by atoms with E-state index in [0.717, 1.165) is 36.2 Å². The molecule has 178 valence electrons. The maximum Gasteiger partial charge on any atom is 0.246 e. The highest BCUT2D eigenvalue weighted by atomic mass is 35.5. The van der Waals surface area contributed by atoms with E-state index in [2.05, 4.69) is 16.3 Å². The Balaban J connectivity index is 1.21. The predicted molar refractivity (Wildman–Crippen MR) is 126 cm³/mol. The Hall–Kier alpha value is -3.31. The summed E-state index contributed by atoms with van der Waals surface area (Å²) in [6.07, 6.45) is 6.81. The van der Waals surface area contributed by atoms with Crippen LogP contribution < -0.4 is 0 Å². The van der Waals surface area contributed by atoms with Gasteiger partial charge in [0.25, 0.3) is 0 Å². The van der Waals surface area contributed by atoms with Gasteiger partial charge in [-0.25, -0.2) is 13.8 Å². The first kappa shape index (κ1) is 22.2. The maximum atomic E-state index is 13.8. The minimum absolute atomic E-state index is 0.0679. The van der Waals surface area contributed by atoms with Crippen LogP contribution in [0.5, 0.6) is 0 Å². The molecule has 5 atom stereocenters. The van der Waals surface area contributed by atoms with Crippen LogP contribution in [0.1, 0.15) is 42.9 Å². The number of nitrogens with zero attached hydrogens (tertiary/aromatic N) is 5. The number of fused-ring (bicyclic) bond motifs is 2. The molecule has 0 radical (unpaired) electrons. The highest BCUT2D eigenvalue weighted by molar-refractivity contribution is 6.32. The molecule has 0 spiro atoms. The lowest BCUT2D eigenvalue weighted by Crippen LogP contribution is -2.38. The molecule has 1 amide bonds. The first-order chi connectivity index (χ1) is 16.9. The summed E-state index contributed by atoms with van der Waals surface area (Å²) in [5.41, 5.74) is 1.58. The number of hydrogen-bond donors (Lipinski definition) is 0. The summed E-state index contributed by atoms with van der Waals surface area (Å²) in [5.74, 6) is -0.534. The van der Waals surface area contributed by atoms with Gasteiger partial charge >= 0.3 is 0 Å². The Labute approximate surface area is 205 Å². The minimum atomic E-state index is -0.658. The molecule has 6 rings (SSSR count). The monoisotopic (exact) mass is 493 g/mol. The molecule has 1 aliphatic heterocycles. The third-order valence-corrected chi connectivity index (χ3v) is 8.20. The van der Waals surface area contributed by atoms with Gasteiger partial charge in [0.15, 0.2) is 0 Å². The normalized spacial score (nSPS) is 27.1. The van der Waals surface area contributed by atoms with Gasteiger partial charge < -0.3 is 0 Å². The fraction of sp³-hybridized carbons (Fsp3) is 0.385. The molecule has 3 aromatic rings. The second-order valence-corrected chi connectivity index (χ2v) is 10.2. The lowest BCUT2D eigenvalue weighted by atomic mass is 9.70. The summed E-state index contributed by atoms with van der Waals surface area (Å²) < 4.78 is 29.5. The molecule has 0 saturated heterocycles. The molecule has 9 heteroatoms. The Morgan fingerprint density at radius 1 is 1.14 bits per heavy atom.